The van der Waals surface area contributed by atoms with Gasteiger partial charge in [-0.05, 0) is 36.4 Å². The Morgan fingerprint density at radius 3 is 2.29 bits per heavy atom. The summed E-state index contributed by atoms with van der Waals surface area (Å²) in [7, 11) is 0. The molecular formula is C14H11N2O5+. The van der Waals surface area contributed by atoms with E-state index in [1.807, 2.05) is 0 Å². The molecule has 2 rings (SSSR count). The molecule has 0 saturated heterocycles. The average Bonchev–Trinajstić information content (AvgIpc) is 2.49. The number of carbonyl (C=O) groups excluding carboxylic acids is 2. The highest BCUT2D eigenvalue weighted by Gasteiger charge is 2.20. The van der Waals surface area contributed by atoms with E-state index in [0.717, 1.165) is 0 Å². The van der Waals surface area contributed by atoms with Crippen LogP contribution in [0.15, 0.2) is 42.5 Å². The quantitative estimate of drug-likeness (QED) is 0.629. The number of aldehydes is 1. The summed E-state index contributed by atoms with van der Waals surface area (Å²) < 4.78 is 5.49. The van der Waals surface area contributed by atoms with E-state index in [0.29, 0.717) is 24.0 Å². The van der Waals surface area contributed by atoms with Crippen LogP contribution >= 0.6 is 0 Å². The fourth-order valence-corrected chi connectivity index (χ4v) is 1.67. The number of rotatable bonds is 6. The Morgan fingerprint density at radius 1 is 1.05 bits per heavy atom. The third-order valence-corrected chi connectivity index (χ3v) is 2.64. The summed E-state index contributed by atoms with van der Waals surface area (Å²) in [5, 5.41) is 11.3. The van der Waals surface area contributed by atoms with Crippen molar-refractivity contribution in [1.29, 1.82) is 0 Å². The zero-order valence-corrected chi connectivity index (χ0v) is 10.7. The highest BCUT2D eigenvalue weighted by atomic mass is 16.6. The molecule has 106 valence electrons. The van der Waals surface area contributed by atoms with E-state index in [2.05, 4.69) is 5.32 Å². The first-order valence-corrected chi connectivity index (χ1v) is 5.87. The first kappa shape index (κ1) is 14.2. The molecule has 0 unspecified atom stereocenters. The minimum absolute atomic E-state index is 0.145. The Kier molecular flexibility index (Phi) is 4.25. The van der Waals surface area contributed by atoms with Crippen LogP contribution in [0.1, 0.15) is 10.4 Å². The van der Waals surface area contributed by atoms with Gasteiger partial charge in [0.05, 0.1) is 11.0 Å². The Hall–Kier alpha value is -3.22. The SMILES string of the molecule is O=CNc1ccc(Oc2ccc(C=O)cc2)cc1[N+](=O)O. The molecule has 0 aliphatic rings. The van der Waals surface area contributed by atoms with Crippen molar-refractivity contribution in [3.63, 3.8) is 0 Å². The molecule has 0 saturated carbocycles. The lowest BCUT2D eigenvalue weighted by molar-refractivity contribution is -0.729. The maximum atomic E-state index is 11.1. The minimum Gasteiger partial charge on any atom is -0.457 e. The predicted octanol–water partition coefficient (Wildman–Crippen LogP) is 2.66. The first-order valence-electron chi connectivity index (χ1n) is 5.87. The molecule has 0 atom stereocenters. The lowest BCUT2D eigenvalue weighted by Crippen LogP contribution is -2.01. The second-order valence-corrected chi connectivity index (χ2v) is 4.00. The Morgan fingerprint density at radius 2 is 1.71 bits per heavy atom. The lowest BCUT2D eigenvalue weighted by atomic mass is 10.2. The highest BCUT2D eigenvalue weighted by Crippen LogP contribution is 2.31. The van der Waals surface area contributed by atoms with Gasteiger partial charge in [0.1, 0.15) is 23.5 Å². The number of carbonyl (C=O) groups is 2. The number of benzene rings is 2. The molecule has 0 aliphatic carbocycles. The monoisotopic (exact) mass is 287 g/mol. The molecular weight excluding hydrogens is 276 g/mol. The molecule has 2 aromatic carbocycles. The zero-order chi connectivity index (χ0) is 15.2. The van der Waals surface area contributed by atoms with Crippen LogP contribution in [0, 0.1) is 4.91 Å². The Bertz CT molecular complexity index is 682. The molecule has 2 N–H and O–H groups in total. The van der Waals surface area contributed by atoms with Gasteiger partial charge in [0, 0.05) is 5.56 Å². The molecule has 0 spiro atoms. The second-order valence-electron chi connectivity index (χ2n) is 4.00. The number of nitrogens with zero attached hydrogens (tertiary/aromatic N) is 1. The summed E-state index contributed by atoms with van der Waals surface area (Å²) in [6, 6.07) is 10.6. The normalized spacial score (nSPS) is 9.71. The van der Waals surface area contributed by atoms with Crippen LogP contribution in [0.2, 0.25) is 0 Å². The van der Waals surface area contributed by atoms with E-state index in [1.165, 1.54) is 18.2 Å². The van der Waals surface area contributed by atoms with Crippen LogP contribution in [0.3, 0.4) is 0 Å². The van der Waals surface area contributed by atoms with Crippen LogP contribution in [-0.4, -0.2) is 22.8 Å². The molecule has 1 amide bonds. The molecule has 7 nitrogen and oxygen atoms in total. The van der Waals surface area contributed by atoms with Crippen LogP contribution in [0.5, 0.6) is 11.5 Å². The molecule has 0 bridgehead atoms. The number of amides is 1. The van der Waals surface area contributed by atoms with Gasteiger partial charge in [0.2, 0.25) is 6.41 Å². The molecule has 0 radical (unpaired) electrons. The second kappa shape index (κ2) is 6.29. The Labute approximate surface area is 119 Å². The van der Waals surface area contributed by atoms with Crippen LogP contribution in [0.25, 0.3) is 0 Å². The van der Waals surface area contributed by atoms with Crippen molar-refractivity contribution in [3.05, 3.63) is 52.9 Å². The van der Waals surface area contributed by atoms with Crippen molar-refractivity contribution < 1.29 is 24.5 Å². The molecule has 0 fully saturated rings. The molecule has 7 heteroatoms. The topological polar surface area (TPSA) is 95.7 Å². The minimum atomic E-state index is -0.367. The van der Waals surface area contributed by atoms with E-state index in [4.69, 9.17) is 9.94 Å². The molecule has 21 heavy (non-hydrogen) atoms. The summed E-state index contributed by atoms with van der Waals surface area (Å²) >= 11 is 0. The summed E-state index contributed by atoms with van der Waals surface area (Å²) in [4.78, 5) is 31.6. The van der Waals surface area contributed by atoms with Gasteiger partial charge >= 0.3 is 5.69 Å². The maximum Gasteiger partial charge on any atom is 0.343 e. The van der Waals surface area contributed by atoms with Gasteiger partial charge in [-0.3, -0.25) is 9.59 Å². The molecule has 0 heterocycles. The van der Waals surface area contributed by atoms with Crippen molar-refractivity contribution in [2.75, 3.05) is 5.32 Å². The first-order chi connectivity index (χ1) is 10.1. The van der Waals surface area contributed by atoms with Gasteiger partial charge in [-0.25, -0.2) is 5.21 Å². The highest BCUT2D eigenvalue weighted by molar-refractivity contribution is 5.78. The van der Waals surface area contributed by atoms with Crippen molar-refractivity contribution in [3.8, 4) is 11.5 Å². The largest absolute Gasteiger partial charge is 0.457 e. The summed E-state index contributed by atoms with van der Waals surface area (Å²) in [6.45, 7) is 0. The van der Waals surface area contributed by atoms with E-state index in [-0.39, 0.29) is 22.0 Å². The van der Waals surface area contributed by atoms with Crippen LogP contribution in [-0.2, 0) is 4.79 Å². The number of nitrogens with one attached hydrogen (secondary N) is 1. The third kappa shape index (κ3) is 3.41. The van der Waals surface area contributed by atoms with Gasteiger partial charge in [-0.1, -0.05) is 0 Å². The standard InChI is InChI=1S/C14H10N2O5/c17-8-10-1-3-11(4-2-10)21-12-5-6-13(15-9-18)14(7-12)16(19)20/h1-9H,(H-,15,18,19,20)/p+1. The zero-order valence-electron chi connectivity index (χ0n) is 10.7. The van der Waals surface area contributed by atoms with E-state index >= 15 is 0 Å². The van der Waals surface area contributed by atoms with Gasteiger partial charge in [0.25, 0.3) is 4.92 Å². The molecule has 0 aliphatic heterocycles. The average molecular weight is 287 g/mol. The third-order valence-electron chi connectivity index (χ3n) is 2.64. The lowest BCUT2D eigenvalue weighted by Gasteiger charge is -2.06. The van der Waals surface area contributed by atoms with Gasteiger partial charge < -0.3 is 10.1 Å². The van der Waals surface area contributed by atoms with Crippen molar-refractivity contribution in [2.45, 2.75) is 0 Å². The number of ether oxygens (including phenoxy) is 1. The summed E-state index contributed by atoms with van der Waals surface area (Å²) in [6.07, 6.45) is 1.10. The number of anilines is 1. The van der Waals surface area contributed by atoms with Gasteiger partial charge in [0.15, 0.2) is 0 Å². The molecule has 0 aromatic heterocycles. The van der Waals surface area contributed by atoms with E-state index in [9.17, 15) is 14.5 Å². The van der Waals surface area contributed by atoms with E-state index < -0.39 is 0 Å². The number of hydrogen-bond donors (Lipinski definition) is 2. The smallest absolute Gasteiger partial charge is 0.343 e. The van der Waals surface area contributed by atoms with Gasteiger partial charge in [-0.2, -0.15) is 0 Å². The number of hydrogen-bond acceptors (Lipinski definition) is 4. The van der Waals surface area contributed by atoms with Gasteiger partial charge in [-0.15, -0.1) is 0 Å². The van der Waals surface area contributed by atoms with Crippen LogP contribution < -0.4 is 10.1 Å². The fraction of sp³-hybridized carbons (Fsp3) is 0. The van der Waals surface area contributed by atoms with Crippen molar-refractivity contribution in [2.24, 2.45) is 0 Å². The molecule has 2 aromatic rings. The Balaban J connectivity index is 2.27. The predicted molar refractivity (Wildman–Crippen MR) is 73.1 cm³/mol. The van der Waals surface area contributed by atoms with Crippen molar-refractivity contribution in [1.82, 2.24) is 0 Å². The summed E-state index contributed by atoms with van der Waals surface area (Å²) in [5.41, 5.74) is 0.491. The fourth-order valence-electron chi connectivity index (χ4n) is 1.67. The van der Waals surface area contributed by atoms with Crippen molar-refractivity contribution >= 4 is 24.1 Å². The van der Waals surface area contributed by atoms with E-state index in [1.54, 1.807) is 24.3 Å². The maximum absolute atomic E-state index is 11.1. The summed E-state index contributed by atoms with van der Waals surface area (Å²) in [5.74, 6) is 0.744. The van der Waals surface area contributed by atoms with Crippen LogP contribution in [0.4, 0.5) is 11.4 Å².